The molecule has 0 bridgehead atoms. The Kier molecular flexibility index (Phi) is 4.02. The van der Waals surface area contributed by atoms with Gasteiger partial charge in [0.15, 0.2) is 0 Å². The van der Waals surface area contributed by atoms with Crippen molar-refractivity contribution in [3.63, 3.8) is 0 Å². The van der Waals surface area contributed by atoms with Crippen LogP contribution in [0.5, 0.6) is 0 Å². The molecule has 3 nitrogen and oxygen atoms in total. The topological polar surface area (TPSA) is 46.3 Å². The van der Waals surface area contributed by atoms with E-state index in [1.54, 1.807) is 0 Å². The van der Waals surface area contributed by atoms with Gasteiger partial charge in [-0.05, 0) is 30.5 Å². The van der Waals surface area contributed by atoms with Gasteiger partial charge in [0.05, 0.1) is 6.42 Å². The Morgan fingerprint density at radius 1 is 1.41 bits per heavy atom. The molecule has 17 heavy (non-hydrogen) atoms. The van der Waals surface area contributed by atoms with E-state index in [9.17, 15) is 4.79 Å². The van der Waals surface area contributed by atoms with Crippen molar-refractivity contribution in [1.29, 1.82) is 0 Å². The summed E-state index contributed by atoms with van der Waals surface area (Å²) in [5, 5.41) is 0.696. The van der Waals surface area contributed by atoms with Crippen LogP contribution in [0.15, 0.2) is 24.3 Å². The van der Waals surface area contributed by atoms with E-state index in [1.165, 1.54) is 0 Å². The fraction of sp³-hybridized carbons (Fsp3) is 0.462. The van der Waals surface area contributed by atoms with Gasteiger partial charge in [-0.1, -0.05) is 23.7 Å². The van der Waals surface area contributed by atoms with Crippen molar-refractivity contribution in [2.24, 2.45) is 5.73 Å². The lowest BCUT2D eigenvalue weighted by Crippen LogP contribution is -2.46. The van der Waals surface area contributed by atoms with Gasteiger partial charge in [-0.3, -0.25) is 4.79 Å². The van der Waals surface area contributed by atoms with Crippen molar-refractivity contribution in [3.8, 4) is 0 Å². The Morgan fingerprint density at radius 2 is 2.12 bits per heavy atom. The maximum absolute atomic E-state index is 12.0. The first kappa shape index (κ1) is 12.4. The maximum Gasteiger partial charge on any atom is 0.227 e. The number of nitrogens with zero attached hydrogens (tertiary/aromatic N) is 1. The Bertz CT molecular complexity index is 391. The van der Waals surface area contributed by atoms with Crippen molar-refractivity contribution in [3.05, 3.63) is 34.9 Å². The van der Waals surface area contributed by atoms with E-state index in [0.717, 1.165) is 24.9 Å². The number of piperidine rings is 1. The largest absolute Gasteiger partial charge is 0.341 e. The van der Waals surface area contributed by atoms with Crippen LogP contribution in [-0.4, -0.2) is 29.9 Å². The summed E-state index contributed by atoms with van der Waals surface area (Å²) in [6.45, 7) is 1.52. The minimum Gasteiger partial charge on any atom is -0.341 e. The van der Waals surface area contributed by atoms with Gasteiger partial charge in [0.2, 0.25) is 5.91 Å². The lowest BCUT2D eigenvalue weighted by molar-refractivity contribution is -0.131. The average Bonchev–Trinajstić information content (AvgIpc) is 2.32. The molecule has 0 radical (unpaired) electrons. The maximum atomic E-state index is 12.0. The Hall–Kier alpha value is -1.06. The minimum atomic E-state index is 0.137. The standard InChI is InChI=1S/C13H17ClN2O/c14-11-5-3-10(4-6-11)8-13(17)16-7-1-2-12(15)9-16/h3-6,12H,1-2,7-9,15H2/t12-/m0/s1. The van der Waals surface area contributed by atoms with Gasteiger partial charge >= 0.3 is 0 Å². The molecule has 2 rings (SSSR count). The fourth-order valence-corrected chi connectivity index (χ4v) is 2.25. The van der Waals surface area contributed by atoms with Crippen LogP contribution < -0.4 is 5.73 Å². The van der Waals surface area contributed by atoms with E-state index in [-0.39, 0.29) is 11.9 Å². The van der Waals surface area contributed by atoms with Crippen LogP contribution in [0.1, 0.15) is 18.4 Å². The number of carbonyl (C=O) groups excluding carboxylic acids is 1. The van der Waals surface area contributed by atoms with Crippen LogP contribution in [0.3, 0.4) is 0 Å². The van der Waals surface area contributed by atoms with Crippen LogP contribution in [0, 0.1) is 0 Å². The molecule has 1 aliphatic heterocycles. The third-order valence-electron chi connectivity index (χ3n) is 3.08. The summed E-state index contributed by atoms with van der Waals surface area (Å²) in [4.78, 5) is 13.9. The molecule has 0 aromatic heterocycles. The van der Waals surface area contributed by atoms with E-state index in [4.69, 9.17) is 17.3 Å². The molecule has 0 aliphatic carbocycles. The van der Waals surface area contributed by atoms with E-state index in [0.29, 0.717) is 18.0 Å². The molecule has 1 fully saturated rings. The zero-order valence-electron chi connectivity index (χ0n) is 9.73. The molecule has 0 spiro atoms. The van der Waals surface area contributed by atoms with Gasteiger partial charge < -0.3 is 10.6 Å². The van der Waals surface area contributed by atoms with Crippen molar-refractivity contribution in [1.82, 2.24) is 4.90 Å². The van der Waals surface area contributed by atoms with Crippen LogP contribution in [0.4, 0.5) is 0 Å². The number of carbonyl (C=O) groups is 1. The molecule has 1 amide bonds. The highest BCUT2D eigenvalue weighted by atomic mass is 35.5. The Labute approximate surface area is 107 Å². The summed E-state index contributed by atoms with van der Waals surface area (Å²) in [5.41, 5.74) is 6.86. The first-order chi connectivity index (χ1) is 8.15. The average molecular weight is 253 g/mol. The summed E-state index contributed by atoms with van der Waals surface area (Å²) < 4.78 is 0. The monoisotopic (exact) mass is 252 g/mol. The number of likely N-dealkylation sites (tertiary alicyclic amines) is 1. The van der Waals surface area contributed by atoms with E-state index < -0.39 is 0 Å². The Balaban J connectivity index is 1.94. The van der Waals surface area contributed by atoms with E-state index in [1.807, 2.05) is 29.2 Å². The van der Waals surface area contributed by atoms with E-state index >= 15 is 0 Å². The molecule has 92 valence electrons. The Morgan fingerprint density at radius 3 is 2.76 bits per heavy atom. The van der Waals surface area contributed by atoms with Crippen molar-refractivity contribution < 1.29 is 4.79 Å². The molecule has 1 aromatic carbocycles. The van der Waals surface area contributed by atoms with Gasteiger partial charge in [-0.2, -0.15) is 0 Å². The highest BCUT2D eigenvalue weighted by Gasteiger charge is 2.20. The van der Waals surface area contributed by atoms with Crippen LogP contribution in [-0.2, 0) is 11.2 Å². The minimum absolute atomic E-state index is 0.137. The number of hydrogen-bond acceptors (Lipinski definition) is 2. The summed E-state index contributed by atoms with van der Waals surface area (Å²) >= 11 is 5.80. The lowest BCUT2D eigenvalue weighted by atomic mass is 10.1. The zero-order valence-corrected chi connectivity index (χ0v) is 10.5. The second-order valence-corrected chi connectivity index (χ2v) is 4.98. The van der Waals surface area contributed by atoms with Crippen LogP contribution in [0.2, 0.25) is 5.02 Å². The molecule has 0 saturated carbocycles. The summed E-state index contributed by atoms with van der Waals surface area (Å²) in [5.74, 6) is 0.155. The molecule has 2 N–H and O–H groups in total. The van der Waals surface area contributed by atoms with Gasteiger partial charge in [0, 0.05) is 24.2 Å². The molecule has 1 heterocycles. The predicted molar refractivity (Wildman–Crippen MR) is 68.9 cm³/mol. The number of amides is 1. The second kappa shape index (κ2) is 5.52. The van der Waals surface area contributed by atoms with Crippen LogP contribution in [0.25, 0.3) is 0 Å². The predicted octanol–water partition coefficient (Wildman–Crippen LogP) is 1.83. The molecule has 1 saturated heterocycles. The first-order valence-corrected chi connectivity index (χ1v) is 6.31. The molecule has 1 atom stereocenters. The molecule has 4 heteroatoms. The first-order valence-electron chi connectivity index (χ1n) is 5.93. The smallest absolute Gasteiger partial charge is 0.227 e. The lowest BCUT2D eigenvalue weighted by Gasteiger charge is -2.30. The number of hydrogen-bond donors (Lipinski definition) is 1. The molecule has 1 aliphatic rings. The number of halogens is 1. The molecular formula is C13H17ClN2O. The molecular weight excluding hydrogens is 236 g/mol. The van der Waals surface area contributed by atoms with Crippen LogP contribution >= 0.6 is 11.6 Å². The normalized spacial score (nSPS) is 20.4. The third kappa shape index (κ3) is 3.45. The highest BCUT2D eigenvalue weighted by Crippen LogP contribution is 2.13. The van der Waals surface area contributed by atoms with Gasteiger partial charge in [-0.15, -0.1) is 0 Å². The highest BCUT2D eigenvalue weighted by molar-refractivity contribution is 6.30. The van der Waals surface area contributed by atoms with Gasteiger partial charge in [0.1, 0.15) is 0 Å². The van der Waals surface area contributed by atoms with Gasteiger partial charge in [0.25, 0.3) is 0 Å². The third-order valence-corrected chi connectivity index (χ3v) is 3.33. The molecule has 0 unspecified atom stereocenters. The number of nitrogens with two attached hydrogens (primary N) is 1. The second-order valence-electron chi connectivity index (χ2n) is 4.55. The summed E-state index contributed by atoms with van der Waals surface area (Å²) in [6, 6.07) is 7.55. The van der Waals surface area contributed by atoms with Crippen molar-refractivity contribution in [2.75, 3.05) is 13.1 Å². The quantitative estimate of drug-likeness (QED) is 0.873. The molecule has 1 aromatic rings. The fourth-order valence-electron chi connectivity index (χ4n) is 2.13. The summed E-state index contributed by atoms with van der Waals surface area (Å²) in [7, 11) is 0. The number of benzene rings is 1. The van der Waals surface area contributed by atoms with Crippen molar-refractivity contribution >= 4 is 17.5 Å². The zero-order chi connectivity index (χ0) is 12.3. The summed E-state index contributed by atoms with van der Waals surface area (Å²) in [6.07, 6.45) is 2.46. The van der Waals surface area contributed by atoms with Crippen molar-refractivity contribution in [2.45, 2.75) is 25.3 Å². The SMILES string of the molecule is N[C@H]1CCCN(C(=O)Cc2ccc(Cl)cc2)C1. The number of rotatable bonds is 2. The van der Waals surface area contributed by atoms with E-state index in [2.05, 4.69) is 0 Å². The van der Waals surface area contributed by atoms with Gasteiger partial charge in [-0.25, -0.2) is 0 Å².